The highest BCUT2D eigenvalue weighted by molar-refractivity contribution is 6.07. The molecule has 1 saturated carbocycles. The Hall–Kier alpha value is -3.01. The summed E-state index contributed by atoms with van der Waals surface area (Å²) in [5, 5.41) is 5.13. The summed E-state index contributed by atoms with van der Waals surface area (Å²) >= 11 is 0. The summed E-state index contributed by atoms with van der Waals surface area (Å²) in [6.45, 7) is 6.15. The molecule has 0 radical (unpaired) electrons. The standard InChI is InChI=1S/C23H23N3O/c1-14-8-9-18(12-15(14)2)22-13-20(19-6-4-5-7-21(19)24-22)23(27)26-25-16(3)17-10-11-17/h4-9,12-13,17H,10-11H2,1-3H3,(H,26,27)/b25-16+. The zero-order valence-electron chi connectivity index (χ0n) is 15.9. The second-order valence-corrected chi connectivity index (χ2v) is 7.34. The van der Waals surface area contributed by atoms with E-state index in [-0.39, 0.29) is 5.91 Å². The molecule has 27 heavy (non-hydrogen) atoms. The number of pyridine rings is 1. The summed E-state index contributed by atoms with van der Waals surface area (Å²) in [5.41, 5.74) is 9.38. The van der Waals surface area contributed by atoms with Gasteiger partial charge in [-0.15, -0.1) is 0 Å². The summed E-state index contributed by atoms with van der Waals surface area (Å²) in [4.78, 5) is 17.6. The highest BCUT2D eigenvalue weighted by Crippen LogP contribution is 2.30. The zero-order chi connectivity index (χ0) is 19.0. The van der Waals surface area contributed by atoms with Gasteiger partial charge in [0, 0.05) is 16.7 Å². The van der Waals surface area contributed by atoms with Crippen LogP contribution in [-0.2, 0) is 0 Å². The number of benzene rings is 2. The van der Waals surface area contributed by atoms with Gasteiger partial charge in [0.1, 0.15) is 0 Å². The second-order valence-electron chi connectivity index (χ2n) is 7.34. The lowest BCUT2D eigenvalue weighted by Gasteiger charge is -2.10. The molecular formula is C23H23N3O. The molecule has 136 valence electrons. The van der Waals surface area contributed by atoms with Crippen molar-refractivity contribution < 1.29 is 4.79 Å². The lowest BCUT2D eigenvalue weighted by molar-refractivity contribution is 0.0956. The quantitative estimate of drug-likeness (QED) is 0.526. The Balaban J connectivity index is 1.77. The molecule has 1 amide bonds. The van der Waals surface area contributed by atoms with E-state index >= 15 is 0 Å². The van der Waals surface area contributed by atoms with Gasteiger partial charge in [-0.1, -0.05) is 30.3 Å². The molecule has 1 fully saturated rings. The topological polar surface area (TPSA) is 54.4 Å². The van der Waals surface area contributed by atoms with Gasteiger partial charge in [0.15, 0.2) is 0 Å². The van der Waals surface area contributed by atoms with Crippen LogP contribution >= 0.6 is 0 Å². The molecule has 4 nitrogen and oxygen atoms in total. The van der Waals surface area contributed by atoms with Crippen molar-refractivity contribution in [3.63, 3.8) is 0 Å². The largest absolute Gasteiger partial charge is 0.272 e. The van der Waals surface area contributed by atoms with E-state index in [1.54, 1.807) is 0 Å². The number of aromatic nitrogens is 1. The van der Waals surface area contributed by atoms with Crippen LogP contribution in [-0.4, -0.2) is 16.6 Å². The number of fused-ring (bicyclic) bond motifs is 1. The monoisotopic (exact) mass is 357 g/mol. The fourth-order valence-electron chi connectivity index (χ4n) is 3.20. The highest BCUT2D eigenvalue weighted by atomic mass is 16.2. The third-order valence-electron chi connectivity index (χ3n) is 5.27. The van der Waals surface area contributed by atoms with E-state index in [1.165, 1.54) is 24.0 Å². The van der Waals surface area contributed by atoms with Crippen molar-refractivity contribution in [1.29, 1.82) is 0 Å². The van der Waals surface area contributed by atoms with E-state index in [0.717, 1.165) is 27.9 Å². The first kappa shape index (κ1) is 17.4. The van der Waals surface area contributed by atoms with Crippen LogP contribution in [0, 0.1) is 19.8 Å². The maximum atomic E-state index is 12.9. The minimum Gasteiger partial charge on any atom is -0.267 e. The molecule has 1 N–H and O–H groups in total. The zero-order valence-corrected chi connectivity index (χ0v) is 15.9. The van der Waals surface area contributed by atoms with Crippen molar-refractivity contribution >= 4 is 22.5 Å². The Morgan fingerprint density at radius 2 is 1.85 bits per heavy atom. The van der Waals surface area contributed by atoms with E-state index in [2.05, 4.69) is 42.6 Å². The van der Waals surface area contributed by atoms with Crippen LogP contribution in [0.4, 0.5) is 0 Å². The number of carbonyl (C=O) groups excluding carboxylic acids is 1. The molecule has 2 aromatic carbocycles. The van der Waals surface area contributed by atoms with Crippen LogP contribution in [0.2, 0.25) is 0 Å². The number of aryl methyl sites for hydroxylation is 2. The summed E-state index contributed by atoms with van der Waals surface area (Å²) in [6.07, 6.45) is 2.33. The average molecular weight is 357 g/mol. The van der Waals surface area contributed by atoms with Crippen LogP contribution in [0.25, 0.3) is 22.2 Å². The first-order chi connectivity index (χ1) is 13.0. The summed E-state index contributed by atoms with van der Waals surface area (Å²) in [7, 11) is 0. The Kier molecular flexibility index (Phi) is 4.48. The third-order valence-corrected chi connectivity index (χ3v) is 5.27. The average Bonchev–Trinajstić information content (AvgIpc) is 3.52. The van der Waals surface area contributed by atoms with Crippen molar-refractivity contribution in [2.45, 2.75) is 33.6 Å². The summed E-state index contributed by atoms with van der Waals surface area (Å²) in [5.74, 6) is 0.337. The number of amides is 1. The Labute approximate surface area is 159 Å². The Morgan fingerprint density at radius 3 is 2.59 bits per heavy atom. The summed E-state index contributed by atoms with van der Waals surface area (Å²) in [6, 6.07) is 15.9. The van der Waals surface area contributed by atoms with Crippen molar-refractivity contribution in [2.24, 2.45) is 11.0 Å². The SMILES string of the molecule is C/C(=N\NC(=O)c1cc(-c2ccc(C)c(C)c2)nc2ccccc12)C1CC1. The second kappa shape index (κ2) is 6.95. The van der Waals surface area contributed by atoms with E-state index in [1.807, 2.05) is 37.3 Å². The van der Waals surface area contributed by atoms with Gasteiger partial charge in [0.05, 0.1) is 16.8 Å². The van der Waals surface area contributed by atoms with Crippen molar-refractivity contribution in [3.05, 3.63) is 65.2 Å². The lowest BCUT2D eigenvalue weighted by atomic mass is 10.0. The highest BCUT2D eigenvalue weighted by Gasteiger charge is 2.24. The molecule has 0 unspecified atom stereocenters. The van der Waals surface area contributed by atoms with Gasteiger partial charge in [-0.2, -0.15) is 5.10 Å². The van der Waals surface area contributed by atoms with Gasteiger partial charge < -0.3 is 0 Å². The van der Waals surface area contributed by atoms with E-state index in [0.29, 0.717) is 11.5 Å². The van der Waals surface area contributed by atoms with Gasteiger partial charge in [-0.05, 0) is 68.9 Å². The molecule has 1 aliphatic rings. The molecule has 0 spiro atoms. The van der Waals surface area contributed by atoms with Gasteiger partial charge in [-0.25, -0.2) is 10.4 Å². The number of rotatable bonds is 4. The number of nitrogens with zero attached hydrogens (tertiary/aromatic N) is 2. The fourth-order valence-corrected chi connectivity index (χ4v) is 3.20. The first-order valence-electron chi connectivity index (χ1n) is 9.35. The van der Waals surface area contributed by atoms with Crippen LogP contribution in [0.1, 0.15) is 41.3 Å². The van der Waals surface area contributed by atoms with E-state index in [4.69, 9.17) is 4.98 Å². The molecule has 1 heterocycles. The van der Waals surface area contributed by atoms with E-state index in [9.17, 15) is 4.79 Å². The molecule has 4 heteroatoms. The van der Waals surface area contributed by atoms with Gasteiger partial charge in [-0.3, -0.25) is 4.79 Å². The normalized spacial score (nSPS) is 14.4. The van der Waals surface area contributed by atoms with Crippen LogP contribution < -0.4 is 5.43 Å². The summed E-state index contributed by atoms with van der Waals surface area (Å²) < 4.78 is 0. The van der Waals surface area contributed by atoms with Crippen LogP contribution in [0.15, 0.2) is 53.6 Å². The molecular weight excluding hydrogens is 334 g/mol. The molecule has 0 bridgehead atoms. The number of nitrogens with one attached hydrogen (secondary N) is 1. The van der Waals surface area contributed by atoms with Gasteiger partial charge in [0.25, 0.3) is 5.91 Å². The van der Waals surface area contributed by atoms with Crippen LogP contribution in [0.3, 0.4) is 0 Å². The Bertz CT molecular complexity index is 1060. The maximum absolute atomic E-state index is 12.9. The van der Waals surface area contributed by atoms with E-state index < -0.39 is 0 Å². The lowest BCUT2D eigenvalue weighted by Crippen LogP contribution is -2.20. The minimum atomic E-state index is -0.196. The fraction of sp³-hybridized carbons (Fsp3) is 0.261. The van der Waals surface area contributed by atoms with Crippen molar-refractivity contribution in [1.82, 2.24) is 10.4 Å². The van der Waals surface area contributed by atoms with Gasteiger partial charge in [0.2, 0.25) is 0 Å². The minimum absolute atomic E-state index is 0.196. The molecule has 0 atom stereocenters. The first-order valence-corrected chi connectivity index (χ1v) is 9.35. The molecule has 0 saturated heterocycles. The molecule has 4 rings (SSSR count). The third kappa shape index (κ3) is 3.61. The number of para-hydroxylation sites is 1. The van der Waals surface area contributed by atoms with Crippen molar-refractivity contribution in [3.8, 4) is 11.3 Å². The smallest absolute Gasteiger partial charge is 0.267 e. The van der Waals surface area contributed by atoms with Gasteiger partial charge >= 0.3 is 0 Å². The number of carbonyl (C=O) groups is 1. The predicted molar refractivity (Wildman–Crippen MR) is 110 cm³/mol. The Morgan fingerprint density at radius 1 is 1.07 bits per heavy atom. The molecule has 1 aliphatic carbocycles. The maximum Gasteiger partial charge on any atom is 0.272 e. The molecule has 3 aromatic rings. The molecule has 1 aromatic heterocycles. The molecule has 0 aliphatic heterocycles. The number of hydrogen-bond acceptors (Lipinski definition) is 3. The van der Waals surface area contributed by atoms with Crippen molar-refractivity contribution in [2.75, 3.05) is 0 Å². The number of hydrogen-bond donors (Lipinski definition) is 1. The predicted octanol–water partition coefficient (Wildman–Crippen LogP) is 5.03. The van der Waals surface area contributed by atoms with Crippen LogP contribution in [0.5, 0.6) is 0 Å². The number of hydrazone groups is 1.